The highest BCUT2D eigenvalue weighted by molar-refractivity contribution is 7.99. The van der Waals surface area contributed by atoms with Crippen molar-refractivity contribution in [2.75, 3.05) is 6.26 Å². The van der Waals surface area contributed by atoms with Crippen LogP contribution < -0.4 is 0 Å². The van der Waals surface area contributed by atoms with Crippen LogP contribution in [0.3, 0.4) is 0 Å². The standard InChI is InChI=1S/C8H13NS/c1-10-8-4-2-7(6-9)3-5-8/h7-8H,2-5H2,1H3. The Morgan fingerprint density at radius 2 is 1.90 bits per heavy atom. The zero-order chi connectivity index (χ0) is 7.40. The first-order valence-electron chi connectivity index (χ1n) is 3.79. The Morgan fingerprint density at radius 1 is 1.30 bits per heavy atom. The van der Waals surface area contributed by atoms with Gasteiger partial charge in [-0.05, 0) is 31.9 Å². The van der Waals surface area contributed by atoms with Gasteiger partial charge in [0.1, 0.15) is 0 Å². The molecule has 2 heteroatoms. The molecule has 0 radical (unpaired) electrons. The molecule has 0 aromatic carbocycles. The topological polar surface area (TPSA) is 23.8 Å². The molecular weight excluding hydrogens is 142 g/mol. The summed E-state index contributed by atoms with van der Waals surface area (Å²) < 4.78 is 0. The van der Waals surface area contributed by atoms with Crippen LogP contribution in [-0.4, -0.2) is 11.5 Å². The van der Waals surface area contributed by atoms with Gasteiger partial charge in [-0.15, -0.1) is 0 Å². The van der Waals surface area contributed by atoms with Crippen LogP contribution in [0.1, 0.15) is 25.7 Å². The molecule has 0 amide bonds. The maximum atomic E-state index is 8.59. The second-order valence-corrected chi connectivity index (χ2v) is 3.98. The van der Waals surface area contributed by atoms with Gasteiger partial charge in [0.25, 0.3) is 0 Å². The fourth-order valence-electron chi connectivity index (χ4n) is 1.43. The van der Waals surface area contributed by atoms with Crippen molar-refractivity contribution in [2.24, 2.45) is 5.92 Å². The first-order valence-corrected chi connectivity index (χ1v) is 5.08. The number of hydrogen-bond acceptors (Lipinski definition) is 2. The minimum absolute atomic E-state index is 0.364. The van der Waals surface area contributed by atoms with Gasteiger partial charge in [-0.3, -0.25) is 0 Å². The quantitative estimate of drug-likeness (QED) is 0.580. The van der Waals surface area contributed by atoms with E-state index < -0.39 is 0 Å². The van der Waals surface area contributed by atoms with E-state index in [9.17, 15) is 0 Å². The highest BCUT2D eigenvalue weighted by Crippen LogP contribution is 2.29. The van der Waals surface area contributed by atoms with Gasteiger partial charge in [0.15, 0.2) is 0 Å². The Morgan fingerprint density at radius 3 is 2.30 bits per heavy atom. The van der Waals surface area contributed by atoms with E-state index in [1.807, 2.05) is 11.8 Å². The number of nitrogens with zero attached hydrogens (tertiary/aromatic N) is 1. The first-order chi connectivity index (χ1) is 4.86. The molecule has 0 bridgehead atoms. The highest BCUT2D eigenvalue weighted by atomic mass is 32.2. The number of thioether (sulfide) groups is 1. The van der Waals surface area contributed by atoms with Gasteiger partial charge in [0.05, 0.1) is 6.07 Å². The fraction of sp³-hybridized carbons (Fsp3) is 0.875. The Kier molecular flexibility index (Phi) is 3.08. The Balaban J connectivity index is 2.25. The van der Waals surface area contributed by atoms with E-state index in [0.717, 1.165) is 18.1 Å². The summed E-state index contributed by atoms with van der Waals surface area (Å²) in [4.78, 5) is 0. The molecule has 1 saturated carbocycles. The van der Waals surface area contributed by atoms with Crippen molar-refractivity contribution in [1.82, 2.24) is 0 Å². The van der Waals surface area contributed by atoms with Crippen LogP contribution in [0.5, 0.6) is 0 Å². The summed E-state index contributed by atoms with van der Waals surface area (Å²) in [6, 6.07) is 2.34. The average molecular weight is 155 g/mol. The van der Waals surface area contributed by atoms with Gasteiger partial charge in [-0.2, -0.15) is 17.0 Å². The second-order valence-electron chi connectivity index (χ2n) is 2.84. The molecule has 0 saturated heterocycles. The SMILES string of the molecule is CSC1CCC(C#N)CC1. The first kappa shape index (κ1) is 7.94. The molecule has 0 unspecified atom stereocenters. The lowest BCUT2D eigenvalue weighted by atomic mass is 9.90. The van der Waals surface area contributed by atoms with Crippen LogP contribution in [0.25, 0.3) is 0 Å². The van der Waals surface area contributed by atoms with Gasteiger partial charge in [0.2, 0.25) is 0 Å². The Labute approximate surface area is 66.8 Å². The molecule has 1 rings (SSSR count). The minimum atomic E-state index is 0.364. The number of nitriles is 1. The molecule has 1 aliphatic carbocycles. The van der Waals surface area contributed by atoms with Gasteiger partial charge < -0.3 is 0 Å². The molecule has 1 nitrogen and oxygen atoms in total. The molecule has 0 N–H and O–H groups in total. The third kappa shape index (κ3) is 1.91. The summed E-state index contributed by atoms with van der Waals surface area (Å²) >= 11 is 1.95. The van der Waals surface area contributed by atoms with Crippen molar-refractivity contribution >= 4 is 11.8 Å². The van der Waals surface area contributed by atoms with Crippen molar-refractivity contribution < 1.29 is 0 Å². The lowest BCUT2D eigenvalue weighted by Gasteiger charge is -2.22. The summed E-state index contributed by atoms with van der Waals surface area (Å²) in [6.07, 6.45) is 6.92. The van der Waals surface area contributed by atoms with Gasteiger partial charge >= 0.3 is 0 Å². The number of hydrogen-bond donors (Lipinski definition) is 0. The van der Waals surface area contributed by atoms with Crippen LogP contribution in [0.4, 0.5) is 0 Å². The maximum Gasteiger partial charge on any atom is 0.0655 e. The van der Waals surface area contributed by atoms with Gasteiger partial charge in [0, 0.05) is 11.2 Å². The predicted octanol–water partition coefficient (Wildman–Crippen LogP) is 2.43. The smallest absolute Gasteiger partial charge is 0.0655 e. The molecule has 56 valence electrons. The molecule has 0 atom stereocenters. The van der Waals surface area contributed by atoms with E-state index >= 15 is 0 Å². The van der Waals surface area contributed by atoms with Crippen LogP contribution in [0.15, 0.2) is 0 Å². The van der Waals surface area contributed by atoms with E-state index in [0.29, 0.717) is 5.92 Å². The van der Waals surface area contributed by atoms with E-state index in [1.165, 1.54) is 12.8 Å². The monoisotopic (exact) mass is 155 g/mol. The molecule has 1 fully saturated rings. The summed E-state index contributed by atoms with van der Waals surface area (Å²) in [5.41, 5.74) is 0. The average Bonchev–Trinajstić information content (AvgIpc) is 2.05. The Hall–Kier alpha value is -0.160. The minimum Gasteiger partial charge on any atom is -0.198 e. The van der Waals surface area contributed by atoms with E-state index in [-0.39, 0.29) is 0 Å². The van der Waals surface area contributed by atoms with Gasteiger partial charge in [-0.1, -0.05) is 0 Å². The summed E-state index contributed by atoms with van der Waals surface area (Å²) in [7, 11) is 0. The highest BCUT2D eigenvalue weighted by Gasteiger charge is 2.19. The zero-order valence-electron chi connectivity index (χ0n) is 6.34. The molecule has 0 spiro atoms. The van der Waals surface area contributed by atoms with Crippen molar-refractivity contribution in [3.63, 3.8) is 0 Å². The zero-order valence-corrected chi connectivity index (χ0v) is 7.16. The summed E-state index contributed by atoms with van der Waals surface area (Å²) in [6.45, 7) is 0. The lowest BCUT2D eigenvalue weighted by molar-refractivity contribution is 0.437. The van der Waals surface area contributed by atoms with E-state index in [4.69, 9.17) is 5.26 Å². The maximum absolute atomic E-state index is 8.59. The molecule has 0 heterocycles. The van der Waals surface area contributed by atoms with Crippen LogP contribution in [0.2, 0.25) is 0 Å². The Bertz CT molecular complexity index is 131. The lowest BCUT2D eigenvalue weighted by Crippen LogP contribution is -2.14. The molecule has 0 aromatic rings. The van der Waals surface area contributed by atoms with Crippen molar-refractivity contribution in [3.05, 3.63) is 0 Å². The normalized spacial score (nSPS) is 33.2. The van der Waals surface area contributed by atoms with Crippen LogP contribution in [-0.2, 0) is 0 Å². The third-order valence-electron chi connectivity index (χ3n) is 2.19. The second kappa shape index (κ2) is 3.88. The molecule has 1 aliphatic rings. The number of rotatable bonds is 1. The summed E-state index contributed by atoms with van der Waals surface area (Å²) in [5, 5.41) is 9.43. The molecular formula is C8H13NS. The molecule has 0 aliphatic heterocycles. The third-order valence-corrected chi connectivity index (χ3v) is 3.33. The van der Waals surface area contributed by atoms with Crippen LogP contribution >= 0.6 is 11.8 Å². The van der Waals surface area contributed by atoms with Crippen molar-refractivity contribution in [3.8, 4) is 6.07 Å². The van der Waals surface area contributed by atoms with E-state index in [1.54, 1.807) is 0 Å². The fourth-order valence-corrected chi connectivity index (χ4v) is 2.17. The molecule has 0 aromatic heterocycles. The largest absolute Gasteiger partial charge is 0.198 e. The van der Waals surface area contributed by atoms with Gasteiger partial charge in [-0.25, -0.2) is 0 Å². The predicted molar refractivity (Wildman–Crippen MR) is 44.9 cm³/mol. The molecule has 10 heavy (non-hydrogen) atoms. The van der Waals surface area contributed by atoms with Crippen molar-refractivity contribution in [1.29, 1.82) is 5.26 Å². The summed E-state index contributed by atoms with van der Waals surface area (Å²) in [5.74, 6) is 0.364. The van der Waals surface area contributed by atoms with Crippen LogP contribution in [0, 0.1) is 17.2 Å². The van der Waals surface area contributed by atoms with E-state index in [2.05, 4.69) is 12.3 Å². The van der Waals surface area contributed by atoms with Crippen molar-refractivity contribution in [2.45, 2.75) is 30.9 Å².